The number of rotatable bonds is 3. The number of hydrogen-bond donors (Lipinski definition) is 2. The van der Waals surface area contributed by atoms with Crippen LogP contribution in [0.2, 0.25) is 0 Å². The van der Waals surface area contributed by atoms with Gasteiger partial charge in [-0.2, -0.15) is 0 Å². The number of imidazole rings is 1. The Morgan fingerprint density at radius 2 is 2.50 bits per heavy atom. The molecule has 0 bridgehead atoms. The molecule has 0 saturated carbocycles. The second-order valence-corrected chi connectivity index (χ2v) is 5.23. The van der Waals surface area contributed by atoms with E-state index in [1.54, 1.807) is 24.3 Å². The van der Waals surface area contributed by atoms with Crippen LogP contribution in [0.1, 0.15) is 31.0 Å². The van der Waals surface area contributed by atoms with Gasteiger partial charge in [-0.25, -0.2) is 4.98 Å². The number of nitrogens with one attached hydrogen (secondary N) is 1. The molecule has 1 unspecified atom stereocenters. The van der Waals surface area contributed by atoms with Crippen molar-refractivity contribution in [2.75, 3.05) is 5.75 Å². The number of carboxylic acids is 1. The lowest BCUT2D eigenvalue weighted by molar-refractivity contribution is -0.138. The lowest BCUT2D eigenvalue weighted by atomic mass is 10.3. The number of carbonyl (C=O) groups is 1. The molecule has 0 amide bonds. The van der Waals surface area contributed by atoms with E-state index in [1.165, 1.54) is 0 Å². The zero-order valence-electron chi connectivity index (χ0n) is 9.25. The molecular formula is C10H15N3O2S. The van der Waals surface area contributed by atoms with Gasteiger partial charge in [-0.3, -0.25) is 10.1 Å². The molecule has 6 heteroatoms. The van der Waals surface area contributed by atoms with Crippen LogP contribution in [-0.2, 0) is 4.79 Å². The largest absolute Gasteiger partial charge is 0.480 e. The number of aliphatic carboxylic acids is 1. The van der Waals surface area contributed by atoms with Crippen LogP contribution in [0, 0.1) is 0 Å². The Morgan fingerprint density at radius 1 is 1.75 bits per heavy atom. The van der Waals surface area contributed by atoms with E-state index in [0.29, 0.717) is 11.8 Å². The molecule has 1 fully saturated rings. The van der Waals surface area contributed by atoms with E-state index in [9.17, 15) is 4.79 Å². The third-order valence-corrected chi connectivity index (χ3v) is 3.84. The molecule has 1 aliphatic rings. The molecule has 0 aliphatic carbocycles. The highest BCUT2D eigenvalue weighted by Crippen LogP contribution is 2.33. The Hall–Kier alpha value is -1.01. The highest BCUT2D eigenvalue weighted by Gasteiger charge is 2.32. The third kappa shape index (κ3) is 2.08. The summed E-state index contributed by atoms with van der Waals surface area (Å²) in [6.07, 6.45) is 3.59. The number of thioether (sulfide) groups is 1. The maximum Gasteiger partial charge on any atom is 0.321 e. The Kier molecular flexibility index (Phi) is 3.20. The number of nitrogens with zero attached hydrogens (tertiary/aromatic N) is 2. The Bertz CT molecular complexity index is 391. The van der Waals surface area contributed by atoms with E-state index in [-0.39, 0.29) is 5.37 Å². The molecule has 0 aromatic carbocycles. The quantitative estimate of drug-likeness (QED) is 0.833. The first-order chi connectivity index (χ1) is 7.59. The van der Waals surface area contributed by atoms with Gasteiger partial charge in [-0.05, 0) is 13.8 Å². The van der Waals surface area contributed by atoms with E-state index in [4.69, 9.17) is 5.11 Å². The van der Waals surface area contributed by atoms with E-state index >= 15 is 0 Å². The van der Waals surface area contributed by atoms with Crippen LogP contribution in [0.15, 0.2) is 12.5 Å². The molecule has 16 heavy (non-hydrogen) atoms. The summed E-state index contributed by atoms with van der Waals surface area (Å²) in [7, 11) is 0. The molecule has 0 spiro atoms. The first kappa shape index (κ1) is 11.5. The highest BCUT2D eigenvalue weighted by molar-refractivity contribution is 7.99. The van der Waals surface area contributed by atoms with E-state index in [2.05, 4.69) is 28.7 Å². The number of hydrogen-bond acceptors (Lipinski definition) is 4. The maximum atomic E-state index is 10.8. The molecule has 2 rings (SSSR count). The number of carboxylic acid groups (broad SMARTS) is 1. The first-order valence-electron chi connectivity index (χ1n) is 5.21. The standard InChI is InChI=1S/C10H15N3O2S/c1-6(2)13-5-11-3-8(13)9-12-7(4-16-9)10(14)15/h3,5-7,9,12H,4H2,1-2H3,(H,14,15)/t7-,9?/m1/s1. The molecule has 1 saturated heterocycles. The van der Waals surface area contributed by atoms with Gasteiger partial charge in [0, 0.05) is 11.8 Å². The van der Waals surface area contributed by atoms with E-state index in [1.807, 2.05) is 0 Å². The lowest BCUT2D eigenvalue weighted by Gasteiger charge is -2.16. The van der Waals surface area contributed by atoms with Crippen LogP contribution in [0.25, 0.3) is 0 Å². The number of aromatic nitrogens is 2. The second-order valence-electron chi connectivity index (χ2n) is 4.09. The molecule has 1 aliphatic heterocycles. The van der Waals surface area contributed by atoms with Gasteiger partial charge in [-0.1, -0.05) is 0 Å². The molecule has 1 aromatic rings. The van der Waals surface area contributed by atoms with Crippen LogP contribution in [-0.4, -0.2) is 32.4 Å². The molecule has 88 valence electrons. The Labute approximate surface area is 98.2 Å². The first-order valence-corrected chi connectivity index (χ1v) is 6.26. The van der Waals surface area contributed by atoms with Crippen molar-refractivity contribution < 1.29 is 9.90 Å². The van der Waals surface area contributed by atoms with Crippen LogP contribution in [0.5, 0.6) is 0 Å². The van der Waals surface area contributed by atoms with Gasteiger partial charge in [0.05, 0.1) is 23.6 Å². The fraction of sp³-hybridized carbons (Fsp3) is 0.600. The van der Waals surface area contributed by atoms with Crippen molar-refractivity contribution >= 4 is 17.7 Å². The summed E-state index contributed by atoms with van der Waals surface area (Å²) in [6, 6.07) is -0.116. The van der Waals surface area contributed by atoms with Crippen LogP contribution in [0.3, 0.4) is 0 Å². The van der Waals surface area contributed by atoms with E-state index in [0.717, 1.165) is 5.69 Å². The topological polar surface area (TPSA) is 67.2 Å². The van der Waals surface area contributed by atoms with E-state index < -0.39 is 12.0 Å². The van der Waals surface area contributed by atoms with Crippen LogP contribution < -0.4 is 5.32 Å². The predicted molar refractivity (Wildman–Crippen MR) is 62.4 cm³/mol. The minimum absolute atomic E-state index is 0.0333. The minimum Gasteiger partial charge on any atom is -0.480 e. The monoisotopic (exact) mass is 241 g/mol. The molecule has 1 aromatic heterocycles. The van der Waals surface area contributed by atoms with Crippen molar-refractivity contribution in [3.8, 4) is 0 Å². The molecule has 2 N–H and O–H groups in total. The fourth-order valence-corrected chi connectivity index (χ4v) is 2.97. The van der Waals surface area contributed by atoms with Crippen molar-refractivity contribution in [3.05, 3.63) is 18.2 Å². The van der Waals surface area contributed by atoms with Crippen molar-refractivity contribution in [1.29, 1.82) is 0 Å². The van der Waals surface area contributed by atoms with Gasteiger partial charge in [0.1, 0.15) is 6.04 Å². The van der Waals surface area contributed by atoms with Crippen molar-refractivity contribution in [3.63, 3.8) is 0 Å². The normalized spacial score (nSPS) is 25.2. The summed E-state index contributed by atoms with van der Waals surface area (Å²) in [5, 5.41) is 12.0. The smallest absolute Gasteiger partial charge is 0.321 e. The summed E-state index contributed by atoms with van der Waals surface area (Å²) < 4.78 is 2.06. The summed E-state index contributed by atoms with van der Waals surface area (Å²) >= 11 is 1.62. The highest BCUT2D eigenvalue weighted by atomic mass is 32.2. The second kappa shape index (κ2) is 4.47. The molecule has 0 radical (unpaired) electrons. The average Bonchev–Trinajstić information content (AvgIpc) is 2.86. The van der Waals surface area contributed by atoms with Crippen molar-refractivity contribution in [1.82, 2.24) is 14.9 Å². The average molecular weight is 241 g/mol. The van der Waals surface area contributed by atoms with Crippen LogP contribution >= 0.6 is 11.8 Å². The third-order valence-electron chi connectivity index (χ3n) is 2.60. The van der Waals surface area contributed by atoms with Gasteiger partial charge >= 0.3 is 5.97 Å². The summed E-state index contributed by atoms with van der Waals surface area (Å²) in [6.45, 7) is 4.17. The van der Waals surface area contributed by atoms with Crippen molar-refractivity contribution in [2.24, 2.45) is 0 Å². The minimum atomic E-state index is -0.786. The van der Waals surface area contributed by atoms with Gasteiger partial charge in [0.15, 0.2) is 0 Å². The summed E-state index contributed by atoms with van der Waals surface area (Å²) in [4.78, 5) is 15.0. The zero-order chi connectivity index (χ0) is 11.7. The maximum absolute atomic E-state index is 10.8. The zero-order valence-corrected chi connectivity index (χ0v) is 10.1. The molecule has 5 nitrogen and oxygen atoms in total. The van der Waals surface area contributed by atoms with Crippen LogP contribution in [0.4, 0.5) is 0 Å². The van der Waals surface area contributed by atoms with Gasteiger partial charge in [0.25, 0.3) is 0 Å². The molecule has 2 atom stereocenters. The molecular weight excluding hydrogens is 226 g/mol. The predicted octanol–water partition coefficient (Wildman–Crippen LogP) is 1.25. The van der Waals surface area contributed by atoms with Gasteiger partial charge in [0.2, 0.25) is 0 Å². The summed E-state index contributed by atoms with van der Waals surface area (Å²) in [5.41, 5.74) is 1.05. The Morgan fingerprint density at radius 3 is 3.06 bits per heavy atom. The van der Waals surface area contributed by atoms with Gasteiger partial charge < -0.3 is 9.67 Å². The van der Waals surface area contributed by atoms with Gasteiger partial charge in [-0.15, -0.1) is 11.8 Å². The van der Waals surface area contributed by atoms with Crippen molar-refractivity contribution in [2.45, 2.75) is 31.3 Å². The fourth-order valence-electron chi connectivity index (χ4n) is 1.73. The SMILES string of the molecule is CC(C)n1cncc1C1N[C@@H](C(=O)O)CS1. The lowest BCUT2D eigenvalue weighted by Crippen LogP contribution is -2.34. The Balaban J connectivity index is 2.14. The summed E-state index contributed by atoms with van der Waals surface area (Å²) in [5.74, 6) is -0.186. The molecule has 2 heterocycles.